The van der Waals surface area contributed by atoms with Crippen molar-refractivity contribution in [3.05, 3.63) is 63.6 Å². The first kappa shape index (κ1) is 19.7. The third-order valence-electron chi connectivity index (χ3n) is 4.52. The van der Waals surface area contributed by atoms with Gasteiger partial charge in [-0.1, -0.05) is 18.2 Å². The van der Waals surface area contributed by atoms with Crippen molar-refractivity contribution in [3.63, 3.8) is 0 Å². The number of hydrogen-bond donors (Lipinski definition) is 1. The van der Waals surface area contributed by atoms with Crippen LogP contribution in [0.15, 0.2) is 41.3 Å². The first-order valence-electron chi connectivity index (χ1n) is 9.31. The van der Waals surface area contributed by atoms with Crippen LogP contribution in [-0.4, -0.2) is 33.3 Å². The quantitative estimate of drug-likeness (QED) is 0.875. The molecule has 0 unspecified atom stereocenters. The summed E-state index contributed by atoms with van der Waals surface area (Å²) in [7, 11) is 1.72. The van der Waals surface area contributed by atoms with Crippen LogP contribution < -0.4 is 5.56 Å². The molecule has 148 valence electrons. The molecule has 0 radical (unpaired) electrons. The maximum atomic E-state index is 12.2. The Labute approximate surface area is 164 Å². The zero-order chi connectivity index (χ0) is 20.5. The van der Waals surface area contributed by atoms with E-state index in [1.54, 1.807) is 22.7 Å². The van der Waals surface area contributed by atoms with Crippen LogP contribution in [0.2, 0.25) is 0 Å². The Kier molecular flexibility index (Phi) is 5.31. The molecule has 1 aromatic heterocycles. The van der Waals surface area contributed by atoms with Gasteiger partial charge in [-0.05, 0) is 62.4 Å². The predicted molar refractivity (Wildman–Crippen MR) is 109 cm³/mol. The molecule has 0 saturated carbocycles. The van der Waals surface area contributed by atoms with Gasteiger partial charge in [0.05, 0.1) is 0 Å². The lowest BCUT2D eigenvalue weighted by atomic mass is 9.93. The number of aryl methyl sites for hydroxylation is 1. The van der Waals surface area contributed by atoms with Gasteiger partial charge in [0.25, 0.3) is 5.56 Å². The molecular formula is C22H26N2O4. The highest BCUT2D eigenvalue weighted by Crippen LogP contribution is 2.27. The van der Waals surface area contributed by atoms with Crippen LogP contribution in [0, 0.1) is 0 Å². The number of amides is 1. The third-order valence-corrected chi connectivity index (χ3v) is 4.52. The van der Waals surface area contributed by atoms with Crippen molar-refractivity contribution in [3.8, 4) is 5.75 Å². The van der Waals surface area contributed by atoms with Crippen molar-refractivity contribution in [2.45, 2.75) is 45.8 Å². The number of carbonyl (C=O) groups is 1. The molecule has 28 heavy (non-hydrogen) atoms. The van der Waals surface area contributed by atoms with Gasteiger partial charge in [0.1, 0.15) is 11.4 Å². The molecule has 3 rings (SSSR count). The van der Waals surface area contributed by atoms with Gasteiger partial charge < -0.3 is 14.7 Å². The lowest BCUT2D eigenvalue weighted by Crippen LogP contribution is -2.33. The van der Waals surface area contributed by atoms with Gasteiger partial charge in [0.2, 0.25) is 0 Å². The lowest BCUT2D eigenvalue weighted by Gasteiger charge is -2.25. The number of aromatic hydroxyl groups is 1. The smallest absolute Gasteiger partial charge is 0.410 e. The number of rotatable bonds is 3. The summed E-state index contributed by atoms with van der Waals surface area (Å²) in [6, 6.07) is 8.82. The van der Waals surface area contributed by atoms with Crippen molar-refractivity contribution in [2.24, 2.45) is 0 Å². The molecule has 6 heteroatoms. The Hall–Kier alpha value is -3.02. The molecule has 1 N–H and O–H groups in total. The number of carbonyl (C=O) groups excluding carboxylic acids is 1. The van der Waals surface area contributed by atoms with Crippen LogP contribution in [0.4, 0.5) is 4.79 Å². The number of benzene rings is 1. The Balaban J connectivity index is 1.77. The van der Waals surface area contributed by atoms with E-state index in [0.717, 1.165) is 29.7 Å². The molecular weight excluding hydrogens is 356 g/mol. The highest BCUT2D eigenvalue weighted by atomic mass is 16.6. The average molecular weight is 382 g/mol. The summed E-state index contributed by atoms with van der Waals surface area (Å²) in [5.74, 6) is -0.0307. The molecule has 0 spiro atoms. The molecule has 6 nitrogen and oxygen atoms in total. The van der Waals surface area contributed by atoms with Crippen molar-refractivity contribution in [2.75, 3.05) is 7.05 Å². The van der Waals surface area contributed by atoms with Crippen molar-refractivity contribution >= 4 is 17.9 Å². The summed E-state index contributed by atoms with van der Waals surface area (Å²) in [6.45, 7) is 6.01. The van der Waals surface area contributed by atoms with E-state index >= 15 is 0 Å². The van der Waals surface area contributed by atoms with Crippen molar-refractivity contribution in [1.29, 1.82) is 0 Å². The number of fused-ring (bicyclic) bond motifs is 1. The van der Waals surface area contributed by atoms with E-state index in [9.17, 15) is 14.7 Å². The molecule has 1 aliphatic rings. The van der Waals surface area contributed by atoms with Crippen LogP contribution in [0.25, 0.3) is 11.8 Å². The van der Waals surface area contributed by atoms with E-state index in [1.807, 2.05) is 39.0 Å². The Bertz CT molecular complexity index is 983. The minimum atomic E-state index is -0.519. The van der Waals surface area contributed by atoms with Crippen LogP contribution in [0.5, 0.6) is 5.75 Å². The summed E-state index contributed by atoms with van der Waals surface area (Å²) in [5.41, 5.74) is 3.41. The van der Waals surface area contributed by atoms with Crippen molar-refractivity contribution < 1.29 is 14.6 Å². The van der Waals surface area contributed by atoms with Gasteiger partial charge in [-0.2, -0.15) is 0 Å². The molecule has 0 fully saturated rings. The fraction of sp³-hybridized carbons (Fsp3) is 0.364. The molecule has 0 atom stereocenters. The number of nitrogens with zero attached hydrogens (tertiary/aromatic N) is 2. The number of aromatic nitrogens is 1. The molecule has 1 amide bonds. The summed E-state index contributed by atoms with van der Waals surface area (Å²) >= 11 is 0. The van der Waals surface area contributed by atoms with Gasteiger partial charge in [0, 0.05) is 31.6 Å². The minimum Gasteiger partial charge on any atom is -0.508 e. The van der Waals surface area contributed by atoms with E-state index in [1.165, 1.54) is 17.7 Å². The standard InChI is InChI=1S/C22H26N2O4/c1-22(2,3)28-21(27)23(4)14-15-5-6-17-12-18(8-7-16(17)11-15)24-10-9-19(25)13-20(24)26/h5-6,9-13,25H,7-8,14H2,1-4H3. The van der Waals surface area contributed by atoms with E-state index in [-0.39, 0.29) is 17.4 Å². The summed E-state index contributed by atoms with van der Waals surface area (Å²) in [4.78, 5) is 25.8. The number of pyridine rings is 1. The van der Waals surface area contributed by atoms with Gasteiger partial charge in [0.15, 0.2) is 0 Å². The molecule has 1 aromatic carbocycles. The largest absolute Gasteiger partial charge is 0.508 e. The first-order valence-corrected chi connectivity index (χ1v) is 9.31. The maximum Gasteiger partial charge on any atom is 0.410 e. The van der Waals surface area contributed by atoms with Crippen LogP contribution in [0.1, 0.15) is 43.9 Å². The van der Waals surface area contributed by atoms with E-state index in [4.69, 9.17) is 4.74 Å². The lowest BCUT2D eigenvalue weighted by molar-refractivity contribution is 0.0285. The van der Waals surface area contributed by atoms with Gasteiger partial charge >= 0.3 is 6.09 Å². The fourth-order valence-corrected chi connectivity index (χ4v) is 3.20. The summed E-state index contributed by atoms with van der Waals surface area (Å²) in [6.07, 6.45) is 4.78. The second kappa shape index (κ2) is 7.54. The van der Waals surface area contributed by atoms with Gasteiger partial charge in [-0.15, -0.1) is 0 Å². The van der Waals surface area contributed by atoms with Gasteiger partial charge in [-0.25, -0.2) is 4.79 Å². The minimum absolute atomic E-state index is 0.0307. The zero-order valence-electron chi connectivity index (χ0n) is 16.7. The number of hydrogen-bond acceptors (Lipinski definition) is 4. The SMILES string of the molecule is CN(Cc1ccc2c(c1)CCC(n1ccc(O)cc1=O)=C2)C(=O)OC(C)(C)C. The normalized spacial score (nSPS) is 13.5. The third kappa shape index (κ3) is 4.63. The maximum absolute atomic E-state index is 12.2. The molecule has 1 heterocycles. The van der Waals surface area contributed by atoms with Crippen LogP contribution >= 0.6 is 0 Å². The molecule has 2 aromatic rings. The second-order valence-electron chi connectivity index (χ2n) is 8.10. The van der Waals surface area contributed by atoms with Crippen LogP contribution in [0.3, 0.4) is 0 Å². The summed E-state index contributed by atoms with van der Waals surface area (Å²) < 4.78 is 6.96. The molecule has 1 aliphatic carbocycles. The average Bonchev–Trinajstić information content (AvgIpc) is 2.60. The van der Waals surface area contributed by atoms with Gasteiger partial charge in [-0.3, -0.25) is 9.36 Å². The fourth-order valence-electron chi connectivity index (χ4n) is 3.20. The van der Waals surface area contributed by atoms with Crippen molar-refractivity contribution in [1.82, 2.24) is 9.47 Å². The van der Waals surface area contributed by atoms with E-state index in [2.05, 4.69) is 6.07 Å². The number of allylic oxidation sites excluding steroid dienone is 1. The number of ether oxygens (including phenoxy) is 1. The predicted octanol–water partition coefficient (Wildman–Crippen LogP) is 3.87. The Morgan fingerprint density at radius 2 is 1.96 bits per heavy atom. The molecule has 0 saturated heterocycles. The second-order valence-corrected chi connectivity index (χ2v) is 8.10. The first-order chi connectivity index (χ1) is 13.1. The summed E-state index contributed by atoms with van der Waals surface area (Å²) in [5, 5.41) is 9.43. The Morgan fingerprint density at radius 3 is 2.64 bits per heavy atom. The molecule has 0 bridgehead atoms. The van der Waals surface area contributed by atoms with Crippen LogP contribution in [-0.2, 0) is 17.7 Å². The highest BCUT2D eigenvalue weighted by molar-refractivity contribution is 5.75. The van der Waals surface area contributed by atoms with E-state index < -0.39 is 5.60 Å². The monoisotopic (exact) mass is 382 g/mol. The zero-order valence-corrected chi connectivity index (χ0v) is 16.7. The topological polar surface area (TPSA) is 71.8 Å². The van der Waals surface area contributed by atoms with E-state index in [0.29, 0.717) is 6.54 Å². The highest BCUT2D eigenvalue weighted by Gasteiger charge is 2.20. The molecule has 0 aliphatic heterocycles. The Morgan fingerprint density at radius 1 is 1.21 bits per heavy atom.